The Balaban J connectivity index is 1.69. The van der Waals surface area contributed by atoms with Crippen molar-refractivity contribution in [1.82, 2.24) is 15.2 Å². The van der Waals surface area contributed by atoms with E-state index in [9.17, 15) is 5.26 Å². The van der Waals surface area contributed by atoms with Crippen molar-refractivity contribution in [1.29, 1.82) is 5.26 Å². The average Bonchev–Trinajstić information content (AvgIpc) is 3.23. The second-order valence-electron chi connectivity index (χ2n) is 5.46. The van der Waals surface area contributed by atoms with Gasteiger partial charge in [0.25, 0.3) is 0 Å². The number of rotatable bonds is 7. The highest BCUT2D eigenvalue weighted by Gasteiger charge is 2.11. The number of thiophene rings is 1. The Hall–Kier alpha value is -3.05. The van der Waals surface area contributed by atoms with E-state index >= 15 is 0 Å². The fourth-order valence-electron chi connectivity index (χ4n) is 2.29. The van der Waals surface area contributed by atoms with E-state index in [1.165, 1.54) is 0 Å². The molecule has 0 atom stereocenters. The van der Waals surface area contributed by atoms with Gasteiger partial charge in [0.2, 0.25) is 0 Å². The normalized spacial score (nSPS) is 10.3. The number of aromatic nitrogens is 3. The smallest absolute Gasteiger partial charge is 0.153 e. The van der Waals surface area contributed by atoms with E-state index in [1.807, 2.05) is 42.8 Å². The predicted molar refractivity (Wildman–Crippen MR) is 98.6 cm³/mol. The van der Waals surface area contributed by atoms with Gasteiger partial charge in [0.1, 0.15) is 30.1 Å². The molecule has 0 saturated heterocycles. The third kappa shape index (κ3) is 4.28. The maximum atomic E-state index is 9.39. The van der Waals surface area contributed by atoms with Crippen LogP contribution in [0.5, 0.6) is 5.75 Å². The molecule has 0 amide bonds. The van der Waals surface area contributed by atoms with Crippen molar-refractivity contribution in [2.45, 2.75) is 13.8 Å². The number of nitrogens with one attached hydrogen (secondary N) is 3. The van der Waals surface area contributed by atoms with Crippen LogP contribution in [0.15, 0.2) is 29.0 Å². The summed E-state index contributed by atoms with van der Waals surface area (Å²) in [4.78, 5) is 4.49. The van der Waals surface area contributed by atoms with E-state index in [4.69, 9.17) is 4.74 Å². The van der Waals surface area contributed by atoms with E-state index in [0.717, 1.165) is 17.0 Å². The van der Waals surface area contributed by atoms with Gasteiger partial charge in [-0.05, 0) is 36.9 Å². The van der Waals surface area contributed by atoms with Crippen molar-refractivity contribution in [3.05, 3.63) is 45.8 Å². The third-order valence-corrected chi connectivity index (χ3v) is 4.11. The van der Waals surface area contributed by atoms with Gasteiger partial charge in [0.15, 0.2) is 5.82 Å². The van der Waals surface area contributed by atoms with Gasteiger partial charge in [-0.15, -0.1) is 11.3 Å². The van der Waals surface area contributed by atoms with Crippen molar-refractivity contribution in [3.63, 3.8) is 0 Å². The van der Waals surface area contributed by atoms with E-state index in [0.29, 0.717) is 36.2 Å². The fraction of sp³-hybridized carbons (Fsp3) is 0.235. The summed E-state index contributed by atoms with van der Waals surface area (Å²) in [6.07, 6.45) is 0. The molecule has 0 unspecified atom stereocenters. The van der Waals surface area contributed by atoms with Crippen molar-refractivity contribution in [3.8, 4) is 11.8 Å². The number of pyridine rings is 1. The van der Waals surface area contributed by atoms with Crippen LogP contribution in [0.4, 0.5) is 17.5 Å². The molecular weight excluding hydrogens is 336 g/mol. The molecule has 0 aliphatic rings. The highest BCUT2D eigenvalue weighted by molar-refractivity contribution is 7.08. The van der Waals surface area contributed by atoms with Crippen LogP contribution in [0.25, 0.3) is 0 Å². The van der Waals surface area contributed by atoms with E-state index < -0.39 is 0 Å². The maximum Gasteiger partial charge on any atom is 0.153 e. The number of aromatic amines is 1. The lowest BCUT2D eigenvalue weighted by Gasteiger charge is -2.12. The number of nitriles is 1. The summed E-state index contributed by atoms with van der Waals surface area (Å²) >= 11 is 1.59. The van der Waals surface area contributed by atoms with E-state index in [1.54, 1.807) is 11.3 Å². The zero-order valence-electron chi connectivity index (χ0n) is 14.0. The number of hydrogen-bond acceptors (Lipinski definition) is 7. The summed E-state index contributed by atoms with van der Waals surface area (Å²) in [7, 11) is 0. The molecule has 0 spiro atoms. The predicted octanol–water partition coefficient (Wildman–Crippen LogP) is 3.59. The minimum atomic E-state index is 0.485. The average molecular weight is 354 g/mol. The number of anilines is 3. The lowest BCUT2D eigenvalue weighted by molar-refractivity contribution is 0.334. The van der Waals surface area contributed by atoms with Crippen LogP contribution in [0.3, 0.4) is 0 Å². The molecule has 0 fully saturated rings. The molecule has 0 aliphatic heterocycles. The van der Waals surface area contributed by atoms with Crippen LogP contribution in [-0.4, -0.2) is 28.3 Å². The molecule has 0 aliphatic carbocycles. The Kier molecular flexibility index (Phi) is 5.16. The number of H-pyrrole nitrogens is 1. The first-order valence-corrected chi connectivity index (χ1v) is 8.69. The standard InChI is InChI=1S/C17H18N6OS/c1-11-7-15(20-16-8-12(2)22-23-16)21-17(14(11)9-18)19-4-5-24-13-3-6-25-10-13/h3,6-8,10H,4-5H2,1-2H3,(H3,19,20,21,22,23). The minimum absolute atomic E-state index is 0.485. The highest BCUT2D eigenvalue weighted by atomic mass is 32.1. The van der Waals surface area contributed by atoms with Gasteiger partial charge in [-0.1, -0.05) is 0 Å². The van der Waals surface area contributed by atoms with Crippen LogP contribution in [0, 0.1) is 25.2 Å². The first-order chi connectivity index (χ1) is 12.2. The third-order valence-electron chi connectivity index (χ3n) is 3.45. The fourth-order valence-corrected chi connectivity index (χ4v) is 2.86. The first-order valence-electron chi connectivity index (χ1n) is 7.75. The molecule has 3 heterocycles. The summed E-state index contributed by atoms with van der Waals surface area (Å²) in [6, 6.07) is 7.84. The Morgan fingerprint density at radius 2 is 2.20 bits per heavy atom. The summed E-state index contributed by atoms with van der Waals surface area (Å²) in [5, 5.41) is 26.6. The van der Waals surface area contributed by atoms with Gasteiger partial charge in [0.05, 0.1) is 12.1 Å². The summed E-state index contributed by atoms with van der Waals surface area (Å²) < 4.78 is 5.61. The van der Waals surface area contributed by atoms with Gasteiger partial charge in [-0.3, -0.25) is 5.10 Å². The monoisotopic (exact) mass is 354 g/mol. The molecule has 8 heteroatoms. The molecule has 3 aromatic heterocycles. The van der Waals surface area contributed by atoms with Crippen molar-refractivity contribution in [2.75, 3.05) is 23.8 Å². The Labute approximate surface area is 149 Å². The largest absolute Gasteiger partial charge is 0.491 e. The van der Waals surface area contributed by atoms with Gasteiger partial charge in [-0.25, -0.2) is 4.98 Å². The molecule has 128 valence electrons. The molecule has 0 radical (unpaired) electrons. The Bertz CT molecular complexity index is 881. The highest BCUT2D eigenvalue weighted by Crippen LogP contribution is 2.22. The van der Waals surface area contributed by atoms with Crippen molar-refractivity contribution >= 4 is 28.8 Å². The molecule has 25 heavy (non-hydrogen) atoms. The van der Waals surface area contributed by atoms with Crippen LogP contribution in [0.2, 0.25) is 0 Å². The summed E-state index contributed by atoms with van der Waals surface area (Å²) in [5.74, 6) is 2.69. The topological polar surface area (TPSA) is 98.7 Å². The van der Waals surface area contributed by atoms with Gasteiger partial charge in [0, 0.05) is 17.1 Å². The molecule has 7 nitrogen and oxygen atoms in total. The molecule has 3 aromatic rings. The lowest BCUT2D eigenvalue weighted by atomic mass is 10.1. The first kappa shape index (κ1) is 16.8. The van der Waals surface area contributed by atoms with Crippen molar-refractivity contribution < 1.29 is 4.74 Å². The van der Waals surface area contributed by atoms with Gasteiger partial charge in [-0.2, -0.15) is 10.4 Å². The maximum absolute atomic E-state index is 9.39. The second-order valence-corrected chi connectivity index (χ2v) is 6.24. The Morgan fingerprint density at radius 1 is 1.32 bits per heavy atom. The molecule has 3 rings (SSSR count). The molecule has 0 saturated carbocycles. The van der Waals surface area contributed by atoms with Crippen LogP contribution >= 0.6 is 11.3 Å². The van der Waals surface area contributed by atoms with E-state index in [2.05, 4.69) is 31.9 Å². The zero-order valence-corrected chi connectivity index (χ0v) is 14.8. The number of ether oxygens (including phenoxy) is 1. The van der Waals surface area contributed by atoms with Gasteiger partial charge >= 0.3 is 0 Å². The molecular formula is C17H18N6OS. The number of aryl methyl sites for hydroxylation is 2. The Morgan fingerprint density at radius 3 is 2.88 bits per heavy atom. The molecule has 0 bridgehead atoms. The van der Waals surface area contributed by atoms with Crippen molar-refractivity contribution in [2.24, 2.45) is 0 Å². The second kappa shape index (κ2) is 7.68. The SMILES string of the molecule is Cc1cc(Nc2cc(C)c(C#N)c(NCCOc3ccsc3)n2)n[nH]1. The van der Waals surface area contributed by atoms with Crippen LogP contribution in [0.1, 0.15) is 16.8 Å². The summed E-state index contributed by atoms with van der Waals surface area (Å²) in [5.41, 5.74) is 2.32. The van der Waals surface area contributed by atoms with Gasteiger partial charge < -0.3 is 15.4 Å². The zero-order chi connectivity index (χ0) is 17.6. The van der Waals surface area contributed by atoms with Crippen LogP contribution in [-0.2, 0) is 0 Å². The van der Waals surface area contributed by atoms with Crippen LogP contribution < -0.4 is 15.4 Å². The minimum Gasteiger partial charge on any atom is -0.491 e. The quantitative estimate of drug-likeness (QED) is 0.561. The van der Waals surface area contributed by atoms with E-state index in [-0.39, 0.29) is 0 Å². The lowest BCUT2D eigenvalue weighted by Crippen LogP contribution is -2.14. The number of nitrogens with zero attached hydrogens (tertiary/aromatic N) is 3. The number of hydrogen-bond donors (Lipinski definition) is 3. The molecule has 3 N–H and O–H groups in total. The molecule has 0 aromatic carbocycles. The summed E-state index contributed by atoms with van der Waals surface area (Å²) in [6.45, 7) is 4.84.